The molecule has 132 valence electrons. The van der Waals surface area contributed by atoms with E-state index in [-0.39, 0.29) is 12.0 Å². The molecular weight excluding hydrogens is 330 g/mol. The van der Waals surface area contributed by atoms with Crippen molar-refractivity contribution in [1.29, 1.82) is 0 Å². The molecule has 2 heterocycles. The van der Waals surface area contributed by atoms with Crippen LogP contribution < -0.4 is 14.8 Å². The van der Waals surface area contributed by atoms with Gasteiger partial charge in [0.15, 0.2) is 11.5 Å². The van der Waals surface area contributed by atoms with E-state index < -0.39 is 0 Å². The number of amides is 1. The summed E-state index contributed by atoms with van der Waals surface area (Å²) in [7, 11) is 0. The number of aromatic nitrogens is 2. The monoisotopic (exact) mass is 349 g/mol. The van der Waals surface area contributed by atoms with Gasteiger partial charge >= 0.3 is 0 Å². The van der Waals surface area contributed by atoms with E-state index in [1.165, 1.54) is 0 Å². The highest BCUT2D eigenvalue weighted by atomic mass is 16.6. The molecule has 1 atom stereocenters. The van der Waals surface area contributed by atoms with E-state index in [2.05, 4.69) is 10.4 Å². The molecule has 2 aromatic carbocycles. The van der Waals surface area contributed by atoms with Crippen LogP contribution in [0.4, 0.5) is 0 Å². The molecule has 6 heteroatoms. The molecule has 6 nitrogen and oxygen atoms in total. The molecule has 0 saturated carbocycles. The average molecular weight is 349 g/mol. The van der Waals surface area contributed by atoms with E-state index in [0.717, 1.165) is 17.1 Å². The van der Waals surface area contributed by atoms with Crippen LogP contribution in [0.1, 0.15) is 16.1 Å². The zero-order valence-electron chi connectivity index (χ0n) is 14.4. The van der Waals surface area contributed by atoms with Gasteiger partial charge in [-0.05, 0) is 49.4 Å². The molecule has 0 aliphatic carbocycles. The number of aryl methyl sites for hydroxylation is 1. The van der Waals surface area contributed by atoms with Crippen LogP contribution in [0.25, 0.3) is 5.69 Å². The van der Waals surface area contributed by atoms with Gasteiger partial charge in [0.25, 0.3) is 5.91 Å². The first-order chi connectivity index (χ1) is 12.7. The first-order valence-corrected chi connectivity index (χ1v) is 8.48. The van der Waals surface area contributed by atoms with Crippen molar-refractivity contribution >= 4 is 5.91 Å². The highest BCUT2D eigenvalue weighted by molar-refractivity contribution is 5.94. The van der Waals surface area contributed by atoms with Gasteiger partial charge in [-0.2, -0.15) is 5.10 Å². The van der Waals surface area contributed by atoms with Crippen molar-refractivity contribution < 1.29 is 14.3 Å². The summed E-state index contributed by atoms with van der Waals surface area (Å²) in [6, 6.07) is 16.8. The van der Waals surface area contributed by atoms with Crippen molar-refractivity contribution in [1.82, 2.24) is 15.1 Å². The van der Waals surface area contributed by atoms with Crippen molar-refractivity contribution in [2.45, 2.75) is 13.0 Å². The Morgan fingerprint density at radius 2 is 1.92 bits per heavy atom. The summed E-state index contributed by atoms with van der Waals surface area (Å²) in [6.07, 6.45) is 1.54. The lowest BCUT2D eigenvalue weighted by Gasteiger charge is -2.26. The number of rotatable bonds is 4. The zero-order chi connectivity index (χ0) is 17.9. The molecule has 0 unspecified atom stereocenters. The molecule has 1 aliphatic heterocycles. The van der Waals surface area contributed by atoms with Gasteiger partial charge in [-0.1, -0.05) is 12.1 Å². The molecule has 0 bridgehead atoms. The number of ether oxygens (including phenoxy) is 2. The van der Waals surface area contributed by atoms with Crippen molar-refractivity contribution in [3.63, 3.8) is 0 Å². The molecule has 0 spiro atoms. The molecule has 0 saturated heterocycles. The Morgan fingerprint density at radius 3 is 2.65 bits per heavy atom. The molecule has 1 aliphatic rings. The fourth-order valence-electron chi connectivity index (χ4n) is 2.87. The number of hydrogen-bond acceptors (Lipinski definition) is 4. The summed E-state index contributed by atoms with van der Waals surface area (Å²) >= 11 is 0. The third-order valence-electron chi connectivity index (χ3n) is 4.26. The summed E-state index contributed by atoms with van der Waals surface area (Å²) in [6.45, 7) is 2.78. The third kappa shape index (κ3) is 3.26. The Balaban J connectivity index is 1.36. The first kappa shape index (κ1) is 16.2. The van der Waals surface area contributed by atoms with Crippen LogP contribution in [0.3, 0.4) is 0 Å². The average Bonchev–Trinajstić information content (AvgIpc) is 3.12. The largest absolute Gasteiger partial charge is 0.486 e. The highest BCUT2D eigenvalue weighted by Gasteiger charge is 2.21. The third-order valence-corrected chi connectivity index (χ3v) is 4.26. The van der Waals surface area contributed by atoms with Crippen LogP contribution in [0.15, 0.2) is 60.8 Å². The number of fused-ring (bicyclic) bond motifs is 1. The second-order valence-electron chi connectivity index (χ2n) is 6.14. The lowest BCUT2D eigenvalue weighted by Crippen LogP contribution is -2.40. The fourth-order valence-corrected chi connectivity index (χ4v) is 2.87. The number of nitrogens with one attached hydrogen (secondary N) is 1. The quantitative estimate of drug-likeness (QED) is 0.787. The Kier molecular flexibility index (Phi) is 4.31. The minimum Gasteiger partial charge on any atom is -0.486 e. The molecule has 0 fully saturated rings. The summed E-state index contributed by atoms with van der Waals surface area (Å²) in [4.78, 5) is 12.4. The highest BCUT2D eigenvalue weighted by Crippen LogP contribution is 2.30. The van der Waals surface area contributed by atoms with Crippen molar-refractivity contribution in [3.05, 3.63) is 72.1 Å². The molecule has 1 N–H and O–H groups in total. The van der Waals surface area contributed by atoms with Crippen LogP contribution >= 0.6 is 0 Å². The standard InChI is InChI=1S/C20H19N3O3/c1-14-10-11-22-23(14)16-8-6-15(7-9-16)20(24)21-12-17-13-25-18-4-2-3-5-19(18)26-17/h2-11,17H,12-13H2,1H3,(H,21,24)/t17-/m1/s1. The lowest BCUT2D eigenvalue weighted by molar-refractivity contribution is 0.0789. The number of para-hydroxylation sites is 2. The van der Waals surface area contributed by atoms with Crippen LogP contribution in [0.2, 0.25) is 0 Å². The smallest absolute Gasteiger partial charge is 0.251 e. The fraction of sp³-hybridized carbons (Fsp3) is 0.200. The second kappa shape index (κ2) is 6.92. The van der Waals surface area contributed by atoms with Gasteiger partial charge in [-0.15, -0.1) is 0 Å². The van der Waals surface area contributed by atoms with Gasteiger partial charge in [-0.25, -0.2) is 4.68 Å². The van der Waals surface area contributed by atoms with Crippen LogP contribution in [0, 0.1) is 6.92 Å². The minimum absolute atomic E-state index is 0.142. The number of carbonyl (C=O) groups is 1. The predicted molar refractivity (Wildman–Crippen MR) is 97.0 cm³/mol. The first-order valence-electron chi connectivity index (χ1n) is 8.48. The Bertz CT molecular complexity index is 918. The summed E-state index contributed by atoms with van der Waals surface area (Å²) in [5, 5.41) is 7.16. The lowest BCUT2D eigenvalue weighted by atomic mass is 10.2. The number of benzene rings is 2. The van der Waals surface area contributed by atoms with E-state index in [1.807, 2.05) is 54.1 Å². The van der Waals surface area contributed by atoms with Gasteiger partial charge in [-0.3, -0.25) is 4.79 Å². The summed E-state index contributed by atoms with van der Waals surface area (Å²) < 4.78 is 13.3. The SMILES string of the molecule is Cc1ccnn1-c1ccc(C(=O)NC[C@@H]2COc3ccccc3O2)cc1. The summed E-state index contributed by atoms with van der Waals surface area (Å²) in [5.74, 6) is 1.30. The van der Waals surface area contributed by atoms with Gasteiger partial charge in [0.2, 0.25) is 0 Å². The van der Waals surface area contributed by atoms with E-state index in [4.69, 9.17) is 9.47 Å². The maximum Gasteiger partial charge on any atom is 0.251 e. The minimum atomic E-state index is -0.208. The molecule has 0 radical (unpaired) electrons. The number of hydrogen-bond donors (Lipinski definition) is 1. The topological polar surface area (TPSA) is 65.4 Å². The zero-order valence-corrected chi connectivity index (χ0v) is 14.4. The Hall–Kier alpha value is -3.28. The van der Waals surface area contributed by atoms with Crippen molar-refractivity contribution in [3.8, 4) is 17.2 Å². The van der Waals surface area contributed by atoms with Crippen LogP contribution in [-0.4, -0.2) is 34.9 Å². The Morgan fingerprint density at radius 1 is 1.15 bits per heavy atom. The summed E-state index contributed by atoms with van der Waals surface area (Å²) in [5.41, 5.74) is 2.55. The van der Waals surface area contributed by atoms with Crippen LogP contribution in [-0.2, 0) is 0 Å². The predicted octanol–water partition coefficient (Wildman–Crippen LogP) is 2.75. The van der Waals surface area contributed by atoms with Crippen molar-refractivity contribution in [2.24, 2.45) is 0 Å². The normalized spacial score (nSPS) is 15.5. The van der Waals surface area contributed by atoms with E-state index >= 15 is 0 Å². The maximum absolute atomic E-state index is 12.4. The van der Waals surface area contributed by atoms with Gasteiger partial charge < -0.3 is 14.8 Å². The van der Waals surface area contributed by atoms with Gasteiger partial charge in [0.05, 0.1) is 12.2 Å². The van der Waals surface area contributed by atoms with Crippen LogP contribution in [0.5, 0.6) is 11.5 Å². The van der Waals surface area contributed by atoms with E-state index in [1.54, 1.807) is 18.3 Å². The molecule has 4 rings (SSSR count). The number of nitrogens with zero attached hydrogens (tertiary/aromatic N) is 2. The molecule has 1 amide bonds. The number of carbonyl (C=O) groups excluding carboxylic acids is 1. The van der Waals surface area contributed by atoms with Gasteiger partial charge in [0, 0.05) is 17.5 Å². The van der Waals surface area contributed by atoms with E-state index in [0.29, 0.717) is 24.5 Å². The van der Waals surface area contributed by atoms with Crippen molar-refractivity contribution in [2.75, 3.05) is 13.2 Å². The molecule has 26 heavy (non-hydrogen) atoms. The Labute approximate surface area is 151 Å². The maximum atomic E-state index is 12.4. The second-order valence-corrected chi connectivity index (χ2v) is 6.14. The molecule has 3 aromatic rings. The molecule has 1 aromatic heterocycles. The molecular formula is C20H19N3O3. The van der Waals surface area contributed by atoms with E-state index in [9.17, 15) is 4.79 Å². The van der Waals surface area contributed by atoms with Gasteiger partial charge in [0.1, 0.15) is 12.7 Å².